The van der Waals surface area contributed by atoms with Crippen LogP contribution in [0.2, 0.25) is 0 Å². The Morgan fingerprint density at radius 2 is 1.75 bits per heavy atom. The van der Waals surface area contributed by atoms with Gasteiger partial charge in [-0.1, -0.05) is 24.3 Å². The minimum atomic E-state index is -3.51. The van der Waals surface area contributed by atoms with E-state index >= 15 is 0 Å². The molecule has 0 radical (unpaired) electrons. The second kappa shape index (κ2) is 7.54. The van der Waals surface area contributed by atoms with Gasteiger partial charge in [0, 0.05) is 36.5 Å². The lowest BCUT2D eigenvalue weighted by atomic mass is 10.1. The first-order chi connectivity index (χ1) is 15.3. The standard InChI is InChI=1S/C23H21N5O3S/c1-28(18-6-7-18)32(30,31)19-8-4-14(5-9-19)20-13-26-23(24)22(27-20)15-2-3-16-12-25-21(29)11-17(16)10-15/h2-5,8-13,18H,6-7H2,1H3,(H2,24,26)(H,25,29). The molecule has 5 rings (SSSR count). The Kier molecular flexibility index (Phi) is 4.79. The van der Waals surface area contributed by atoms with Gasteiger partial charge in [0.05, 0.1) is 16.8 Å². The molecular formula is C23H21N5O3S. The van der Waals surface area contributed by atoms with Crippen LogP contribution in [0, 0.1) is 0 Å². The van der Waals surface area contributed by atoms with Crippen LogP contribution in [0.3, 0.4) is 0 Å². The van der Waals surface area contributed by atoms with E-state index in [2.05, 4.69) is 15.0 Å². The fraction of sp³-hybridized carbons (Fsp3) is 0.174. The monoisotopic (exact) mass is 447 g/mol. The van der Waals surface area contributed by atoms with E-state index in [9.17, 15) is 13.2 Å². The Bertz CT molecular complexity index is 1490. The van der Waals surface area contributed by atoms with Gasteiger partial charge in [-0.25, -0.2) is 18.4 Å². The number of hydrogen-bond donors (Lipinski definition) is 2. The number of fused-ring (bicyclic) bond motifs is 1. The largest absolute Gasteiger partial charge is 0.382 e. The molecule has 0 atom stereocenters. The van der Waals surface area contributed by atoms with Crippen LogP contribution < -0.4 is 11.3 Å². The van der Waals surface area contributed by atoms with E-state index in [4.69, 9.17) is 5.73 Å². The highest BCUT2D eigenvalue weighted by atomic mass is 32.2. The van der Waals surface area contributed by atoms with E-state index in [1.807, 2.05) is 18.2 Å². The zero-order valence-electron chi connectivity index (χ0n) is 17.3. The maximum Gasteiger partial charge on any atom is 0.248 e. The maximum absolute atomic E-state index is 12.7. The molecule has 1 saturated carbocycles. The van der Waals surface area contributed by atoms with Crippen molar-refractivity contribution in [3.63, 3.8) is 0 Å². The molecule has 2 aromatic heterocycles. The number of aromatic nitrogens is 3. The second-order valence-electron chi connectivity index (χ2n) is 7.91. The molecule has 1 aliphatic carbocycles. The van der Waals surface area contributed by atoms with Crippen LogP contribution in [-0.2, 0) is 10.0 Å². The van der Waals surface area contributed by atoms with Crippen LogP contribution in [0.15, 0.2) is 70.6 Å². The van der Waals surface area contributed by atoms with Crippen LogP contribution >= 0.6 is 0 Å². The van der Waals surface area contributed by atoms with Crippen LogP contribution in [-0.4, -0.2) is 40.8 Å². The first-order valence-corrected chi connectivity index (χ1v) is 11.6. The highest BCUT2D eigenvalue weighted by Gasteiger charge is 2.34. The molecule has 4 aromatic rings. The van der Waals surface area contributed by atoms with Crippen molar-refractivity contribution in [1.29, 1.82) is 0 Å². The molecule has 2 heterocycles. The topological polar surface area (TPSA) is 122 Å². The van der Waals surface area contributed by atoms with Crippen LogP contribution in [0.4, 0.5) is 5.82 Å². The molecule has 162 valence electrons. The zero-order valence-corrected chi connectivity index (χ0v) is 18.1. The Labute approximate surface area is 184 Å². The first-order valence-electron chi connectivity index (χ1n) is 10.2. The van der Waals surface area contributed by atoms with E-state index in [0.717, 1.165) is 34.7 Å². The molecule has 1 aliphatic rings. The summed E-state index contributed by atoms with van der Waals surface area (Å²) in [5, 5.41) is 1.66. The summed E-state index contributed by atoms with van der Waals surface area (Å²) in [7, 11) is -1.89. The van der Waals surface area contributed by atoms with Crippen molar-refractivity contribution in [1.82, 2.24) is 19.3 Å². The second-order valence-corrected chi connectivity index (χ2v) is 9.90. The number of anilines is 1. The summed E-state index contributed by atoms with van der Waals surface area (Å²) in [6, 6.07) is 13.8. The lowest BCUT2D eigenvalue weighted by Crippen LogP contribution is -2.28. The van der Waals surface area contributed by atoms with Gasteiger partial charge >= 0.3 is 0 Å². The average molecular weight is 448 g/mol. The van der Waals surface area contributed by atoms with Crippen molar-refractivity contribution >= 4 is 26.6 Å². The number of nitrogens with one attached hydrogen (secondary N) is 1. The fourth-order valence-electron chi connectivity index (χ4n) is 3.66. The van der Waals surface area contributed by atoms with Gasteiger partial charge in [0.1, 0.15) is 11.5 Å². The highest BCUT2D eigenvalue weighted by Crippen LogP contribution is 2.32. The number of benzene rings is 2. The van der Waals surface area contributed by atoms with E-state index in [1.165, 1.54) is 10.4 Å². The van der Waals surface area contributed by atoms with Crippen molar-refractivity contribution in [3.05, 3.63) is 71.3 Å². The Morgan fingerprint density at radius 1 is 1.03 bits per heavy atom. The fourth-order valence-corrected chi connectivity index (χ4v) is 5.07. The maximum atomic E-state index is 12.7. The molecule has 2 aromatic carbocycles. The molecule has 3 N–H and O–H groups in total. The molecule has 0 bridgehead atoms. The Hall–Kier alpha value is -3.56. The minimum Gasteiger partial charge on any atom is -0.382 e. The predicted octanol–water partition coefficient (Wildman–Crippen LogP) is 3.02. The molecule has 0 amide bonds. The van der Waals surface area contributed by atoms with Gasteiger partial charge in [0.2, 0.25) is 15.6 Å². The summed E-state index contributed by atoms with van der Waals surface area (Å²) in [4.78, 5) is 23.5. The molecule has 0 aliphatic heterocycles. The van der Waals surface area contributed by atoms with E-state index in [1.54, 1.807) is 43.7 Å². The van der Waals surface area contributed by atoms with Crippen molar-refractivity contribution in [2.45, 2.75) is 23.8 Å². The summed E-state index contributed by atoms with van der Waals surface area (Å²) in [5.41, 5.74) is 8.43. The van der Waals surface area contributed by atoms with Gasteiger partial charge in [-0.2, -0.15) is 4.31 Å². The number of pyridine rings is 1. The summed E-state index contributed by atoms with van der Waals surface area (Å²) >= 11 is 0. The summed E-state index contributed by atoms with van der Waals surface area (Å²) in [6.07, 6.45) is 5.02. The third-order valence-electron chi connectivity index (χ3n) is 5.71. The van der Waals surface area contributed by atoms with E-state index in [0.29, 0.717) is 11.4 Å². The van der Waals surface area contributed by atoms with Gasteiger partial charge < -0.3 is 10.7 Å². The first kappa shape index (κ1) is 20.3. The molecule has 0 spiro atoms. The van der Waals surface area contributed by atoms with E-state index in [-0.39, 0.29) is 22.3 Å². The van der Waals surface area contributed by atoms with Gasteiger partial charge in [0.25, 0.3) is 0 Å². The Morgan fingerprint density at radius 3 is 2.47 bits per heavy atom. The summed E-state index contributed by atoms with van der Waals surface area (Å²) in [5.74, 6) is 0.267. The van der Waals surface area contributed by atoms with Crippen LogP contribution in [0.1, 0.15) is 12.8 Å². The molecule has 1 fully saturated rings. The van der Waals surface area contributed by atoms with Crippen molar-refractivity contribution in [3.8, 4) is 22.5 Å². The smallest absolute Gasteiger partial charge is 0.248 e. The number of nitrogen functional groups attached to an aromatic ring is 1. The number of hydrogen-bond acceptors (Lipinski definition) is 6. The molecular weight excluding hydrogens is 426 g/mol. The Balaban J connectivity index is 1.51. The molecule has 0 saturated heterocycles. The predicted molar refractivity (Wildman–Crippen MR) is 123 cm³/mol. The number of sulfonamides is 1. The third kappa shape index (κ3) is 3.65. The van der Waals surface area contributed by atoms with Gasteiger partial charge in [0.15, 0.2) is 0 Å². The SMILES string of the molecule is CN(C1CC1)S(=O)(=O)c1ccc(-c2cnc(N)c(-c3ccc4c[nH]c(=O)cc4c3)n2)cc1. The number of aromatic amines is 1. The molecule has 0 unspecified atom stereocenters. The highest BCUT2D eigenvalue weighted by molar-refractivity contribution is 7.89. The molecule has 9 heteroatoms. The number of nitrogens with two attached hydrogens (primary N) is 1. The van der Waals surface area contributed by atoms with Crippen molar-refractivity contribution in [2.24, 2.45) is 0 Å². The average Bonchev–Trinajstić information content (AvgIpc) is 3.64. The summed E-state index contributed by atoms with van der Waals surface area (Å²) < 4.78 is 26.9. The van der Waals surface area contributed by atoms with Crippen molar-refractivity contribution < 1.29 is 8.42 Å². The number of nitrogens with zero attached hydrogens (tertiary/aromatic N) is 3. The lowest BCUT2D eigenvalue weighted by Gasteiger charge is -2.16. The number of H-pyrrole nitrogens is 1. The van der Waals surface area contributed by atoms with Gasteiger partial charge in [-0.15, -0.1) is 0 Å². The minimum absolute atomic E-state index is 0.0998. The van der Waals surface area contributed by atoms with Gasteiger partial charge in [-0.3, -0.25) is 4.79 Å². The quantitative estimate of drug-likeness (QED) is 0.485. The van der Waals surface area contributed by atoms with Crippen LogP contribution in [0.25, 0.3) is 33.3 Å². The summed E-state index contributed by atoms with van der Waals surface area (Å²) in [6.45, 7) is 0. The lowest BCUT2D eigenvalue weighted by molar-refractivity contribution is 0.464. The molecule has 8 nitrogen and oxygen atoms in total. The van der Waals surface area contributed by atoms with Crippen molar-refractivity contribution in [2.75, 3.05) is 12.8 Å². The molecule has 32 heavy (non-hydrogen) atoms. The number of rotatable bonds is 5. The third-order valence-corrected chi connectivity index (χ3v) is 7.63. The zero-order chi connectivity index (χ0) is 22.5. The van der Waals surface area contributed by atoms with Crippen LogP contribution in [0.5, 0.6) is 0 Å². The van der Waals surface area contributed by atoms with Gasteiger partial charge in [-0.05, 0) is 41.8 Å². The normalized spacial score (nSPS) is 14.2. The van der Waals surface area contributed by atoms with E-state index < -0.39 is 10.0 Å².